The van der Waals surface area contributed by atoms with Crippen LogP contribution in [0.15, 0.2) is 47.4 Å². The molecule has 2 N–H and O–H groups in total. The lowest BCUT2D eigenvalue weighted by atomic mass is 10.2. The molecular weight excluding hydrogens is 367 g/mol. The van der Waals surface area contributed by atoms with Gasteiger partial charge in [0, 0.05) is 23.2 Å². The minimum absolute atomic E-state index is 0.00124. The second-order valence-electron chi connectivity index (χ2n) is 5.86. The highest BCUT2D eigenvalue weighted by atomic mass is 35.5. The van der Waals surface area contributed by atoms with Crippen molar-refractivity contribution >= 4 is 33.2 Å². The third-order valence-corrected chi connectivity index (χ3v) is 5.49. The van der Waals surface area contributed by atoms with Gasteiger partial charge in [-0.1, -0.05) is 23.7 Å². The van der Waals surface area contributed by atoms with E-state index in [1.54, 1.807) is 24.3 Å². The van der Waals surface area contributed by atoms with Gasteiger partial charge >= 0.3 is 0 Å². The van der Waals surface area contributed by atoms with Crippen LogP contribution in [0.5, 0.6) is 0 Å². The average Bonchev–Trinajstić information content (AvgIpc) is 3.39. The molecule has 0 unspecified atom stereocenters. The van der Waals surface area contributed by atoms with Crippen molar-refractivity contribution in [1.29, 1.82) is 0 Å². The fourth-order valence-electron chi connectivity index (χ4n) is 2.25. The number of carbonyl (C=O) groups is 1. The van der Waals surface area contributed by atoms with Crippen LogP contribution >= 0.6 is 11.6 Å². The lowest BCUT2D eigenvalue weighted by molar-refractivity contribution is -0.117. The summed E-state index contributed by atoms with van der Waals surface area (Å²) in [6.45, 7) is 0.00124. The Bertz CT molecular complexity index is 897. The molecule has 0 radical (unpaired) electrons. The molecule has 1 aliphatic carbocycles. The highest BCUT2D eigenvalue weighted by Gasteiger charge is 2.29. The number of amides is 1. The largest absolute Gasteiger partial charge is 0.326 e. The van der Waals surface area contributed by atoms with Crippen LogP contribution in [0.2, 0.25) is 5.02 Å². The second kappa shape index (κ2) is 7.11. The van der Waals surface area contributed by atoms with Gasteiger partial charge in [-0.25, -0.2) is 17.5 Å². The summed E-state index contributed by atoms with van der Waals surface area (Å²) in [5.74, 6) is -0.787. The summed E-state index contributed by atoms with van der Waals surface area (Å²) in [4.78, 5) is 11.2. The van der Waals surface area contributed by atoms with Crippen molar-refractivity contribution < 1.29 is 17.6 Å². The zero-order chi connectivity index (χ0) is 18.0. The van der Waals surface area contributed by atoms with E-state index >= 15 is 0 Å². The highest BCUT2D eigenvalue weighted by molar-refractivity contribution is 7.89. The van der Waals surface area contributed by atoms with Crippen molar-refractivity contribution in [3.63, 3.8) is 0 Å². The first-order valence-corrected chi connectivity index (χ1v) is 9.56. The molecule has 1 fully saturated rings. The van der Waals surface area contributed by atoms with Crippen LogP contribution in [0.25, 0.3) is 0 Å². The molecule has 2 aromatic carbocycles. The molecule has 0 spiro atoms. The molecular formula is C17H16ClFN2O3S. The minimum atomic E-state index is -3.99. The Labute approximate surface area is 150 Å². The van der Waals surface area contributed by atoms with Gasteiger partial charge in [0.1, 0.15) is 10.7 Å². The number of rotatable bonds is 6. The molecule has 1 saturated carbocycles. The lowest BCUT2D eigenvalue weighted by Crippen LogP contribution is -2.24. The van der Waals surface area contributed by atoms with Crippen LogP contribution in [-0.2, 0) is 21.4 Å². The van der Waals surface area contributed by atoms with Gasteiger partial charge in [-0.3, -0.25) is 4.79 Å². The van der Waals surface area contributed by atoms with E-state index in [1.807, 2.05) is 0 Å². The number of hydrogen-bond acceptors (Lipinski definition) is 3. The van der Waals surface area contributed by atoms with E-state index in [4.69, 9.17) is 11.6 Å². The zero-order valence-electron chi connectivity index (χ0n) is 13.1. The molecule has 0 atom stereocenters. The third-order valence-electron chi connectivity index (χ3n) is 3.82. The summed E-state index contributed by atoms with van der Waals surface area (Å²) in [7, 11) is -3.99. The molecule has 1 amide bonds. The number of nitrogens with one attached hydrogen (secondary N) is 2. The molecule has 0 saturated heterocycles. The molecule has 132 valence electrons. The molecule has 0 heterocycles. The first-order chi connectivity index (χ1) is 11.8. The van der Waals surface area contributed by atoms with Gasteiger partial charge < -0.3 is 5.32 Å². The summed E-state index contributed by atoms with van der Waals surface area (Å²) in [6.07, 6.45) is 1.85. The topological polar surface area (TPSA) is 75.3 Å². The van der Waals surface area contributed by atoms with E-state index in [0.29, 0.717) is 11.3 Å². The maximum Gasteiger partial charge on any atom is 0.243 e. The lowest BCUT2D eigenvalue weighted by Gasteiger charge is -2.09. The Morgan fingerprint density at radius 1 is 1.16 bits per heavy atom. The third kappa shape index (κ3) is 4.56. The fourth-order valence-corrected chi connectivity index (χ4v) is 3.48. The maximum atomic E-state index is 13.8. The van der Waals surface area contributed by atoms with Gasteiger partial charge in [-0.2, -0.15) is 0 Å². The number of halogens is 2. The van der Waals surface area contributed by atoms with Crippen LogP contribution in [0.3, 0.4) is 0 Å². The maximum absolute atomic E-state index is 13.8. The number of anilines is 1. The SMILES string of the molecule is O=C(Nc1ccc(CNS(=O)(=O)c2ccc(Cl)cc2F)cc1)C1CC1. The van der Waals surface area contributed by atoms with E-state index in [0.717, 1.165) is 25.0 Å². The first kappa shape index (κ1) is 17.8. The predicted molar refractivity (Wildman–Crippen MR) is 93.2 cm³/mol. The Kier molecular flexibility index (Phi) is 5.08. The van der Waals surface area contributed by atoms with Gasteiger partial charge in [0.25, 0.3) is 0 Å². The van der Waals surface area contributed by atoms with Gasteiger partial charge in [-0.15, -0.1) is 0 Å². The van der Waals surface area contributed by atoms with Crippen molar-refractivity contribution in [2.75, 3.05) is 5.32 Å². The average molecular weight is 383 g/mol. The Morgan fingerprint density at radius 2 is 1.84 bits per heavy atom. The Morgan fingerprint density at radius 3 is 2.44 bits per heavy atom. The Balaban J connectivity index is 1.63. The normalized spacial score (nSPS) is 14.3. The zero-order valence-corrected chi connectivity index (χ0v) is 14.7. The van der Waals surface area contributed by atoms with E-state index in [9.17, 15) is 17.6 Å². The van der Waals surface area contributed by atoms with Gasteiger partial charge in [0.05, 0.1) is 0 Å². The molecule has 8 heteroatoms. The summed E-state index contributed by atoms with van der Waals surface area (Å²) in [6, 6.07) is 10.2. The minimum Gasteiger partial charge on any atom is -0.326 e. The van der Waals surface area contributed by atoms with Gasteiger partial charge in [0.15, 0.2) is 0 Å². The molecule has 0 aliphatic heterocycles. The monoisotopic (exact) mass is 382 g/mol. The second-order valence-corrected chi connectivity index (χ2v) is 8.03. The number of hydrogen-bond donors (Lipinski definition) is 2. The standard InChI is InChI=1S/C17H16ClFN2O3S/c18-13-5-8-16(15(19)9-13)25(23,24)20-10-11-1-6-14(7-2-11)21-17(22)12-3-4-12/h1-2,5-9,12,20H,3-4,10H2,(H,21,22). The summed E-state index contributed by atoms with van der Waals surface area (Å²) >= 11 is 5.63. The highest BCUT2D eigenvalue weighted by Crippen LogP contribution is 2.30. The van der Waals surface area contributed by atoms with Gasteiger partial charge in [-0.05, 0) is 48.7 Å². The number of benzene rings is 2. The molecule has 1 aliphatic rings. The molecule has 0 bridgehead atoms. The number of carbonyl (C=O) groups excluding carboxylic acids is 1. The van der Waals surface area contributed by atoms with Crippen LogP contribution in [-0.4, -0.2) is 14.3 Å². The van der Waals surface area contributed by atoms with Crippen molar-refractivity contribution in [2.24, 2.45) is 5.92 Å². The molecule has 0 aromatic heterocycles. The van der Waals surface area contributed by atoms with Crippen LogP contribution in [0.1, 0.15) is 18.4 Å². The van der Waals surface area contributed by atoms with Crippen molar-refractivity contribution in [3.8, 4) is 0 Å². The number of sulfonamides is 1. The smallest absolute Gasteiger partial charge is 0.243 e. The summed E-state index contributed by atoms with van der Waals surface area (Å²) in [5.41, 5.74) is 1.34. The van der Waals surface area contributed by atoms with Crippen molar-refractivity contribution in [2.45, 2.75) is 24.3 Å². The Hall–Kier alpha value is -1.96. The predicted octanol–water partition coefficient (Wildman–Crippen LogP) is 3.31. The van der Waals surface area contributed by atoms with Crippen molar-refractivity contribution in [1.82, 2.24) is 4.72 Å². The van der Waals surface area contributed by atoms with Crippen molar-refractivity contribution in [3.05, 3.63) is 58.9 Å². The van der Waals surface area contributed by atoms with Crippen LogP contribution < -0.4 is 10.0 Å². The summed E-state index contributed by atoms with van der Waals surface area (Å²) in [5, 5.41) is 2.93. The summed E-state index contributed by atoms with van der Waals surface area (Å²) < 4.78 is 40.5. The van der Waals surface area contributed by atoms with Crippen LogP contribution in [0.4, 0.5) is 10.1 Å². The molecule has 2 aromatic rings. The molecule has 5 nitrogen and oxygen atoms in total. The van der Waals surface area contributed by atoms with E-state index in [2.05, 4.69) is 10.0 Å². The van der Waals surface area contributed by atoms with E-state index < -0.39 is 20.7 Å². The van der Waals surface area contributed by atoms with E-state index in [-0.39, 0.29) is 23.4 Å². The first-order valence-electron chi connectivity index (χ1n) is 7.70. The molecule has 25 heavy (non-hydrogen) atoms. The molecule has 3 rings (SSSR count). The van der Waals surface area contributed by atoms with E-state index in [1.165, 1.54) is 6.07 Å². The van der Waals surface area contributed by atoms with Gasteiger partial charge in [0.2, 0.25) is 15.9 Å². The van der Waals surface area contributed by atoms with Crippen LogP contribution in [0, 0.1) is 11.7 Å². The fraction of sp³-hybridized carbons (Fsp3) is 0.235. The quantitative estimate of drug-likeness (QED) is 0.804.